The molecule has 2 heterocycles. The van der Waals surface area contributed by atoms with Crippen molar-refractivity contribution in [3.63, 3.8) is 0 Å². The molecule has 0 aromatic heterocycles. The van der Waals surface area contributed by atoms with E-state index in [-0.39, 0.29) is 36.5 Å². The van der Waals surface area contributed by atoms with E-state index >= 15 is 0 Å². The summed E-state index contributed by atoms with van der Waals surface area (Å²) in [6.45, 7) is 9.27. The summed E-state index contributed by atoms with van der Waals surface area (Å²) in [6.07, 6.45) is 0.155. The van der Waals surface area contributed by atoms with Gasteiger partial charge in [0.1, 0.15) is 17.6 Å². The summed E-state index contributed by atoms with van der Waals surface area (Å²) in [5, 5.41) is 12.9. The highest BCUT2D eigenvalue weighted by molar-refractivity contribution is 5.99. The Bertz CT molecular complexity index is 1150. The van der Waals surface area contributed by atoms with E-state index in [1.165, 1.54) is 0 Å². The molecule has 2 aliphatic rings. The number of methoxy groups -OCH3 is 1. The third-order valence-electron chi connectivity index (χ3n) is 7.81. The molecule has 10 nitrogen and oxygen atoms in total. The quantitative estimate of drug-likeness (QED) is 0.427. The van der Waals surface area contributed by atoms with E-state index in [0.29, 0.717) is 56.3 Å². The van der Waals surface area contributed by atoms with Crippen molar-refractivity contribution in [1.29, 1.82) is 0 Å². The highest BCUT2D eigenvalue weighted by atomic mass is 16.5. The number of rotatable bonds is 11. The van der Waals surface area contributed by atoms with Crippen molar-refractivity contribution in [2.24, 2.45) is 5.92 Å². The largest absolute Gasteiger partial charge is 0.497 e. The van der Waals surface area contributed by atoms with Gasteiger partial charge in [0.25, 0.3) is 5.91 Å². The molecule has 0 saturated carbocycles. The van der Waals surface area contributed by atoms with Crippen LogP contribution in [0.25, 0.3) is 0 Å². The van der Waals surface area contributed by atoms with Gasteiger partial charge in [-0.25, -0.2) is 0 Å². The molecular weight excluding hydrogens is 524 g/mol. The fraction of sp³-hybridized carbons (Fsp3) is 0.548. The van der Waals surface area contributed by atoms with E-state index in [9.17, 15) is 14.7 Å². The Kier molecular flexibility index (Phi) is 11.0. The minimum absolute atomic E-state index is 0.0129. The number of carbonyl (C=O) groups is 2. The second kappa shape index (κ2) is 14.6. The third-order valence-corrected chi connectivity index (χ3v) is 7.81. The number of aliphatic hydroxyl groups excluding tert-OH is 1. The lowest BCUT2D eigenvalue weighted by Crippen LogP contribution is -2.49. The van der Waals surface area contributed by atoms with Crippen molar-refractivity contribution in [1.82, 2.24) is 14.7 Å². The van der Waals surface area contributed by atoms with Gasteiger partial charge in [0.05, 0.1) is 38.5 Å². The van der Waals surface area contributed by atoms with Crippen LogP contribution >= 0.6 is 0 Å². The van der Waals surface area contributed by atoms with Crippen LogP contribution in [0.3, 0.4) is 0 Å². The fourth-order valence-corrected chi connectivity index (χ4v) is 5.24. The number of hydrogen-bond donors (Lipinski definition) is 2. The smallest absolute Gasteiger partial charge is 0.258 e. The van der Waals surface area contributed by atoms with Crippen LogP contribution in [0.2, 0.25) is 0 Å². The molecule has 0 radical (unpaired) electrons. The SMILES string of the molecule is COc1ccc(CN(C)C[C@H]2Oc3ccc(NC(=O)CCN4CCOCC4)cc3C(=O)N([C@H](C)CO)C[C@@H]2C)cc1. The molecule has 0 unspecified atom stereocenters. The van der Waals surface area contributed by atoms with Gasteiger partial charge < -0.3 is 29.5 Å². The Morgan fingerprint density at radius 2 is 1.93 bits per heavy atom. The van der Waals surface area contributed by atoms with Gasteiger partial charge in [0, 0.05) is 57.3 Å². The maximum Gasteiger partial charge on any atom is 0.258 e. The monoisotopic (exact) mass is 568 g/mol. The van der Waals surface area contributed by atoms with Gasteiger partial charge in [-0.2, -0.15) is 0 Å². The van der Waals surface area contributed by atoms with E-state index in [0.717, 1.165) is 30.9 Å². The van der Waals surface area contributed by atoms with E-state index in [1.54, 1.807) is 30.2 Å². The topological polar surface area (TPSA) is 104 Å². The molecule has 3 atom stereocenters. The molecule has 0 spiro atoms. The average molecular weight is 569 g/mol. The van der Waals surface area contributed by atoms with Crippen molar-refractivity contribution in [3.8, 4) is 11.5 Å². The van der Waals surface area contributed by atoms with Crippen LogP contribution in [0, 0.1) is 5.92 Å². The average Bonchev–Trinajstić information content (AvgIpc) is 2.98. The number of amides is 2. The number of hydrogen-bond acceptors (Lipinski definition) is 8. The molecule has 2 aliphatic heterocycles. The van der Waals surface area contributed by atoms with Gasteiger partial charge in [-0.15, -0.1) is 0 Å². The minimum atomic E-state index is -0.361. The fourth-order valence-electron chi connectivity index (χ4n) is 5.24. The molecule has 2 N–H and O–H groups in total. The van der Waals surface area contributed by atoms with Crippen LogP contribution in [0.4, 0.5) is 5.69 Å². The van der Waals surface area contributed by atoms with Crippen molar-refractivity contribution in [3.05, 3.63) is 53.6 Å². The number of likely N-dealkylation sites (N-methyl/N-ethyl adjacent to an activating group) is 1. The Labute approximate surface area is 243 Å². The number of fused-ring (bicyclic) bond motifs is 1. The number of morpholine rings is 1. The number of carbonyl (C=O) groups excluding carboxylic acids is 2. The highest BCUT2D eigenvalue weighted by Crippen LogP contribution is 2.31. The van der Waals surface area contributed by atoms with Crippen molar-refractivity contribution >= 4 is 17.5 Å². The number of nitrogens with one attached hydrogen (secondary N) is 1. The first-order valence-corrected chi connectivity index (χ1v) is 14.4. The zero-order chi connectivity index (χ0) is 29.4. The summed E-state index contributed by atoms with van der Waals surface area (Å²) >= 11 is 0. The minimum Gasteiger partial charge on any atom is -0.497 e. The van der Waals surface area contributed by atoms with E-state index in [1.807, 2.05) is 31.2 Å². The Morgan fingerprint density at radius 3 is 2.61 bits per heavy atom. The zero-order valence-electron chi connectivity index (χ0n) is 24.7. The Morgan fingerprint density at radius 1 is 1.20 bits per heavy atom. The van der Waals surface area contributed by atoms with Gasteiger partial charge in [-0.1, -0.05) is 19.1 Å². The Hall–Kier alpha value is -3.18. The van der Waals surface area contributed by atoms with Crippen LogP contribution in [-0.2, 0) is 16.1 Å². The van der Waals surface area contributed by atoms with Crippen LogP contribution in [0.5, 0.6) is 11.5 Å². The molecule has 41 heavy (non-hydrogen) atoms. The predicted octanol–water partition coefficient (Wildman–Crippen LogP) is 2.71. The maximum absolute atomic E-state index is 13.7. The van der Waals surface area contributed by atoms with Crippen LogP contribution in [0.15, 0.2) is 42.5 Å². The lowest BCUT2D eigenvalue weighted by Gasteiger charge is -2.38. The second-order valence-corrected chi connectivity index (χ2v) is 11.1. The molecule has 1 saturated heterocycles. The first-order valence-electron chi connectivity index (χ1n) is 14.4. The van der Waals surface area contributed by atoms with Gasteiger partial charge in [0.2, 0.25) is 5.91 Å². The lowest BCUT2D eigenvalue weighted by atomic mass is 9.99. The summed E-state index contributed by atoms with van der Waals surface area (Å²) in [5.74, 6) is 0.982. The standard InChI is InChI=1S/C31H44N4O6/c1-22-18-35(23(2)21-36)31(38)27-17-25(32-30(37)11-12-34-13-15-40-16-14-34)7-10-28(27)41-29(22)20-33(3)19-24-5-8-26(39-4)9-6-24/h5-10,17,22-23,29,36H,11-16,18-21H2,1-4H3,(H,32,37)/t22-,23+,29+/m0/s1. The summed E-state index contributed by atoms with van der Waals surface area (Å²) in [7, 11) is 3.70. The van der Waals surface area contributed by atoms with Gasteiger partial charge >= 0.3 is 0 Å². The first kappa shape index (κ1) is 30.8. The third kappa shape index (κ3) is 8.42. The molecule has 10 heteroatoms. The van der Waals surface area contributed by atoms with Crippen LogP contribution < -0.4 is 14.8 Å². The van der Waals surface area contributed by atoms with Crippen LogP contribution in [0.1, 0.15) is 36.2 Å². The number of nitrogens with zero attached hydrogens (tertiary/aromatic N) is 3. The summed E-state index contributed by atoms with van der Waals surface area (Å²) in [5.41, 5.74) is 2.09. The number of benzene rings is 2. The molecule has 224 valence electrons. The summed E-state index contributed by atoms with van der Waals surface area (Å²) in [6, 6.07) is 12.9. The summed E-state index contributed by atoms with van der Waals surface area (Å²) < 4.78 is 17.2. The molecule has 2 aromatic carbocycles. The summed E-state index contributed by atoms with van der Waals surface area (Å²) in [4.78, 5) is 32.5. The molecule has 0 bridgehead atoms. The molecule has 1 fully saturated rings. The zero-order valence-corrected chi connectivity index (χ0v) is 24.7. The normalized spacial score (nSPS) is 20.5. The molecule has 2 aromatic rings. The number of anilines is 1. The van der Waals surface area contributed by atoms with E-state index < -0.39 is 0 Å². The van der Waals surface area contributed by atoms with Gasteiger partial charge in [-0.05, 0) is 49.9 Å². The van der Waals surface area contributed by atoms with Crippen LogP contribution in [-0.4, -0.2) is 110 Å². The lowest BCUT2D eigenvalue weighted by molar-refractivity contribution is -0.116. The Balaban J connectivity index is 1.49. The van der Waals surface area contributed by atoms with Crippen molar-refractivity contribution < 1.29 is 28.9 Å². The van der Waals surface area contributed by atoms with Crippen molar-refractivity contribution in [2.45, 2.75) is 39.0 Å². The maximum atomic E-state index is 13.7. The second-order valence-electron chi connectivity index (χ2n) is 11.1. The van der Waals surface area contributed by atoms with Gasteiger partial charge in [-0.3, -0.25) is 19.4 Å². The van der Waals surface area contributed by atoms with Gasteiger partial charge in [0.15, 0.2) is 0 Å². The molecule has 0 aliphatic carbocycles. The number of ether oxygens (including phenoxy) is 3. The highest BCUT2D eigenvalue weighted by Gasteiger charge is 2.33. The predicted molar refractivity (Wildman–Crippen MR) is 157 cm³/mol. The van der Waals surface area contributed by atoms with E-state index in [4.69, 9.17) is 14.2 Å². The molecule has 4 rings (SSSR count). The number of aliphatic hydroxyl groups is 1. The molecule has 2 amide bonds. The first-order chi connectivity index (χ1) is 19.8. The molecular formula is C31H44N4O6. The van der Waals surface area contributed by atoms with Crippen molar-refractivity contribution in [2.75, 3.05) is 72.0 Å². The van der Waals surface area contributed by atoms with E-state index in [2.05, 4.69) is 29.1 Å².